The maximum atomic E-state index is 12.7. The largest absolute Gasteiger partial charge is 0.354 e. The van der Waals surface area contributed by atoms with Crippen LogP contribution in [0.25, 0.3) is 21.5 Å². The third-order valence-corrected chi connectivity index (χ3v) is 5.99. The molecule has 1 N–H and O–H groups in total. The van der Waals surface area contributed by atoms with E-state index in [2.05, 4.69) is 47.3 Å². The molecule has 1 aliphatic heterocycles. The van der Waals surface area contributed by atoms with E-state index in [9.17, 15) is 4.79 Å². The van der Waals surface area contributed by atoms with E-state index in [-0.39, 0.29) is 11.9 Å². The number of hydrogen-bond donors (Lipinski definition) is 1. The first-order chi connectivity index (χ1) is 15.2. The van der Waals surface area contributed by atoms with Crippen LogP contribution in [-0.4, -0.2) is 69.2 Å². The number of hydrogen-bond acceptors (Lipinski definition) is 9. The van der Waals surface area contributed by atoms with Crippen molar-refractivity contribution >= 4 is 39.9 Å². The van der Waals surface area contributed by atoms with Crippen LogP contribution in [0.15, 0.2) is 48.2 Å². The second-order valence-corrected chi connectivity index (χ2v) is 8.19. The van der Waals surface area contributed by atoms with Crippen LogP contribution in [0.3, 0.4) is 0 Å². The van der Waals surface area contributed by atoms with Gasteiger partial charge in [0, 0.05) is 49.5 Å². The van der Waals surface area contributed by atoms with Crippen LogP contribution < -0.4 is 10.2 Å². The Morgan fingerprint density at radius 1 is 1.06 bits per heavy atom. The lowest BCUT2D eigenvalue weighted by molar-refractivity contribution is 0.102. The molecule has 156 valence electrons. The zero-order chi connectivity index (χ0) is 21.2. The highest BCUT2D eigenvalue weighted by atomic mass is 32.1. The van der Waals surface area contributed by atoms with Crippen molar-refractivity contribution in [3.05, 3.63) is 53.8 Å². The number of piperazine rings is 1. The van der Waals surface area contributed by atoms with Crippen LogP contribution in [0.2, 0.25) is 0 Å². The standard InChI is InChI=1S/C21H20N8OS/c1-28-6-8-29(9-7-28)18-5-4-16(12-22-18)19(30)26-21-23-11-15-3-2-14(10-17(15)25-21)20-27-24-13-31-20/h2-5,10-13H,6-9H2,1H3,(H,23,25,26,30). The summed E-state index contributed by atoms with van der Waals surface area (Å²) in [6, 6.07) is 9.47. The number of pyridine rings is 1. The number of anilines is 2. The molecule has 10 heteroatoms. The Morgan fingerprint density at radius 3 is 2.68 bits per heavy atom. The van der Waals surface area contributed by atoms with E-state index in [0.717, 1.165) is 53.5 Å². The van der Waals surface area contributed by atoms with Gasteiger partial charge in [0.15, 0.2) is 0 Å². The third kappa shape index (κ3) is 4.21. The zero-order valence-corrected chi connectivity index (χ0v) is 17.7. The minimum Gasteiger partial charge on any atom is -0.354 e. The van der Waals surface area contributed by atoms with E-state index < -0.39 is 0 Å². The molecule has 5 rings (SSSR count). The van der Waals surface area contributed by atoms with Gasteiger partial charge < -0.3 is 9.80 Å². The minimum atomic E-state index is -0.294. The Bertz CT molecular complexity index is 1200. The Labute approximate surface area is 182 Å². The number of rotatable bonds is 4. The molecule has 1 saturated heterocycles. The van der Waals surface area contributed by atoms with Gasteiger partial charge >= 0.3 is 0 Å². The smallest absolute Gasteiger partial charge is 0.259 e. The molecule has 9 nitrogen and oxygen atoms in total. The van der Waals surface area contributed by atoms with E-state index in [1.807, 2.05) is 24.3 Å². The van der Waals surface area contributed by atoms with Gasteiger partial charge in [-0.2, -0.15) is 0 Å². The molecule has 1 amide bonds. The Balaban J connectivity index is 1.31. The molecular formula is C21H20N8OS. The number of nitrogens with zero attached hydrogens (tertiary/aromatic N) is 7. The fourth-order valence-electron chi connectivity index (χ4n) is 3.43. The number of carbonyl (C=O) groups is 1. The summed E-state index contributed by atoms with van der Waals surface area (Å²) in [5, 5.41) is 12.4. The SMILES string of the molecule is CN1CCN(c2ccc(C(=O)Nc3ncc4ccc(-c5nncs5)cc4n3)cn2)CC1. The van der Waals surface area contributed by atoms with E-state index in [4.69, 9.17) is 0 Å². The van der Waals surface area contributed by atoms with Crippen LogP contribution in [0.5, 0.6) is 0 Å². The van der Waals surface area contributed by atoms with Crippen molar-refractivity contribution in [1.29, 1.82) is 0 Å². The molecule has 1 aromatic carbocycles. The summed E-state index contributed by atoms with van der Waals surface area (Å²) in [7, 11) is 2.12. The van der Waals surface area contributed by atoms with Crippen molar-refractivity contribution < 1.29 is 4.79 Å². The maximum Gasteiger partial charge on any atom is 0.259 e. The lowest BCUT2D eigenvalue weighted by Gasteiger charge is -2.33. The quantitative estimate of drug-likeness (QED) is 0.525. The Hall–Kier alpha value is -3.50. The molecule has 0 saturated carbocycles. The monoisotopic (exact) mass is 432 g/mol. The van der Waals surface area contributed by atoms with E-state index in [0.29, 0.717) is 5.56 Å². The molecule has 3 aromatic heterocycles. The number of fused-ring (bicyclic) bond motifs is 1. The number of nitrogens with one attached hydrogen (secondary N) is 1. The van der Waals surface area contributed by atoms with Gasteiger partial charge in [0.25, 0.3) is 5.91 Å². The number of carbonyl (C=O) groups excluding carboxylic acids is 1. The van der Waals surface area contributed by atoms with Gasteiger partial charge in [-0.3, -0.25) is 10.1 Å². The van der Waals surface area contributed by atoms with Crippen molar-refractivity contribution in [1.82, 2.24) is 30.0 Å². The number of benzene rings is 1. The van der Waals surface area contributed by atoms with E-state index >= 15 is 0 Å². The average molecular weight is 433 g/mol. The van der Waals surface area contributed by atoms with Crippen molar-refractivity contribution in [2.45, 2.75) is 0 Å². The fraction of sp³-hybridized carbons (Fsp3) is 0.238. The van der Waals surface area contributed by atoms with E-state index in [1.165, 1.54) is 11.3 Å². The lowest BCUT2D eigenvalue weighted by atomic mass is 10.1. The Kier molecular flexibility index (Phi) is 5.23. The molecule has 0 radical (unpaired) electrons. The highest BCUT2D eigenvalue weighted by molar-refractivity contribution is 7.12. The first kappa shape index (κ1) is 19.5. The van der Waals surface area contributed by atoms with Gasteiger partial charge in [0.2, 0.25) is 5.95 Å². The number of amides is 1. The van der Waals surface area contributed by atoms with Gasteiger partial charge in [-0.1, -0.05) is 23.5 Å². The highest BCUT2D eigenvalue weighted by Gasteiger charge is 2.16. The topological polar surface area (TPSA) is 100 Å². The first-order valence-electron chi connectivity index (χ1n) is 9.90. The lowest BCUT2D eigenvalue weighted by Crippen LogP contribution is -2.44. The van der Waals surface area contributed by atoms with Gasteiger partial charge in [-0.25, -0.2) is 15.0 Å². The molecule has 1 fully saturated rings. The average Bonchev–Trinajstić information content (AvgIpc) is 3.34. The minimum absolute atomic E-state index is 0.245. The fourth-order valence-corrected chi connectivity index (χ4v) is 3.98. The second-order valence-electron chi connectivity index (χ2n) is 7.36. The van der Waals surface area contributed by atoms with Crippen LogP contribution in [0.1, 0.15) is 10.4 Å². The molecule has 0 unspecified atom stereocenters. The number of likely N-dealkylation sites (N-methyl/N-ethyl adjacent to an activating group) is 1. The highest BCUT2D eigenvalue weighted by Crippen LogP contribution is 2.24. The zero-order valence-electron chi connectivity index (χ0n) is 16.9. The first-order valence-corrected chi connectivity index (χ1v) is 10.8. The van der Waals surface area contributed by atoms with Gasteiger partial charge in [-0.15, -0.1) is 10.2 Å². The Morgan fingerprint density at radius 2 is 1.94 bits per heavy atom. The predicted molar refractivity (Wildman–Crippen MR) is 120 cm³/mol. The van der Waals surface area contributed by atoms with Crippen LogP contribution in [0, 0.1) is 0 Å². The number of aromatic nitrogens is 5. The van der Waals surface area contributed by atoms with Gasteiger partial charge in [-0.05, 0) is 25.2 Å². The van der Waals surface area contributed by atoms with Gasteiger partial charge in [0.05, 0.1) is 11.1 Å². The van der Waals surface area contributed by atoms with Crippen LogP contribution >= 0.6 is 11.3 Å². The summed E-state index contributed by atoms with van der Waals surface area (Å²) < 4.78 is 0. The third-order valence-electron chi connectivity index (χ3n) is 5.25. The molecular weight excluding hydrogens is 412 g/mol. The molecule has 0 atom stereocenters. The van der Waals surface area contributed by atoms with Crippen LogP contribution in [0.4, 0.5) is 11.8 Å². The molecule has 4 aromatic rings. The molecule has 0 bridgehead atoms. The predicted octanol–water partition coefficient (Wildman–Crippen LogP) is 2.55. The van der Waals surface area contributed by atoms with Gasteiger partial charge in [0.1, 0.15) is 16.3 Å². The summed E-state index contributed by atoms with van der Waals surface area (Å²) in [5.74, 6) is 0.836. The van der Waals surface area contributed by atoms with Crippen molar-refractivity contribution in [3.63, 3.8) is 0 Å². The van der Waals surface area contributed by atoms with Crippen molar-refractivity contribution in [3.8, 4) is 10.6 Å². The van der Waals surface area contributed by atoms with Crippen LogP contribution in [-0.2, 0) is 0 Å². The van der Waals surface area contributed by atoms with Crippen molar-refractivity contribution in [2.75, 3.05) is 43.4 Å². The van der Waals surface area contributed by atoms with E-state index in [1.54, 1.807) is 24.0 Å². The molecule has 31 heavy (non-hydrogen) atoms. The maximum absolute atomic E-state index is 12.7. The summed E-state index contributed by atoms with van der Waals surface area (Å²) in [6.07, 6.45) is 3.29. The molecule has 1 aliphatic rings. The second kappa shape index (κ2) is 8.32. The summed E-state index contributed by atoms with van der Waals surface area (Å²) >= 11 is 1.46. The molecule has 0 aliphatic carbocycles. The molecule has 4 heterocycles. The summed E-state index contributed by atoms with van der Waals surface area (Å²) in [4.78, 5) is 30.4. The normalized spacial score (nSPS) is 14.7. The summed E-state index contributed by atoms with van der Waals surface area (Å²) in [6.45, 7) is 3.87. The van der Waals surface area contributed by atoms with Crippen molar-refractivity contribution in [2.24, 2.45) is 0 Å². The summed E-state index contributed by atoms with van der Waals surface area (Å²) in [5.41, 5.74) is 3.80. The molecule has 0 spiro atoms.